The van der Waals surface area contributed by atoms with Crippen molar-refractivity contribution >= 4 is 12.0 Å². The number of carboxylic acid groups (broad SMARTS) is 1. The number of hydrogen-bond donors (Lipinski definition) is 2. The molecule has 6 heteroatoms. The van der Waals surface area contributed by atoms with Crippen molar-refractivity contribution in [3.8, 4) is 0 Å². The number of aliphatic carboxylic acids is 1. The van der Waals surface area contributed by atoms with Crippen molar-refractivity contribution in [3.05, 3.63) is 0 Å². The van der Waals surface area contributed by atoms with Crippen molar-refractivity contribution in [1.82, 2.24) is 15.1 Å². The number of urea groups is 1. The maximum atomic E-state index is 12.1. The predicted octanol–water partition coefficient (Wildman–Crippen LogP) is 1.12. The van der Waals surface area contributed by atoms with Crippen molar-refractivity contribution in [2.75, 3.05) is 32.7 Å². The minimum absolute atomic E-state index is 0.0239. The lowest BCUT2D eigenvalue weighted by molar-refractivity contribution is -0.137. The molecule has 0 radical (unpaired) electrons. The van der Waals surface area contributed by atoms with Gasteiger partial charge in [-0.05, 0) is 38.8 Å². The first-order valence-corrected chi connectivity index (χ1v) is 7.65. The van der Waals surface area contributed by atoms with E-state index in [2.05, 4.69) is 10.2 Å². The summed E-state index contributed by atoms with van der Waals surface area (Å²) in [5.74, 6) is -0.850. The first-order valence-electron chi connectivity index (χ1n) is 7.65. The largest absolute Gasteiger partial charge is 0.481 e. The maximum absolute atomic E-state index is 12.1. The number of carbonyl (C=O) groups excluding carboxylic acids is 1. The summed E-state index contributed by atoms with van der Waals surface area (Å²) < 4.78 is 0. The number of likely N-dealkylation sites (tertiary alicyclic amines) is 1. The van der Waals surface area contributed by atoms with E-state index >= 15 is 0 Å². The Balaban J connectivity index is 1.66. The minimum atomic E-state index is -0.850. The number of nitrogens with zero attached hydrogens (tertiary/aromatic N) is 2. The molecule has 0 spiro atoms. The lowest BCUT2D eigenvalue weighted by Crippen LogP contribution is -2.45. The van der Waals surface area contributed by atoms with Gasteiger partial charge in [0.15, 0.2) is 0 Å². The zero-order valence-corrected chi connectivity index (χ0v) is 12.0. The van der Waals surface area contributed by atoms with E-state index in [0.29, 0.717) is 13.1 Å². The van der Waals surface area contributed by atoms with Crippen LogP contribution in [0.1, 0.15) is 38.5 Å². The quantitative estimate of drug-likeness (QED) is 0.734. The monoisotopic (exact) mass is 283 g/mol. The molecule has 2 rings (SSSR count). The third kappa shape index (κ3) is 5.00. The van der Waals surface area contributed by atoms with E-state index in [1.165, 1.54) is 19.3 Å². The minimum Gasteiger partial charge on any atom is -0.481 e. The van der Waals surface area contributed by atoms with Crippen LogP contribution >= 0.6 is 0 Å². The molecule has 6 nitrogen and oxygen atoms in total. The average Bonchev–Trinajstić information content (AvgIpc) is 3.24. The molecule has 114 valence electrons. The van der Waals surface area contributed by atoms with Gasteiger partial charge in [-0.2, -0.15) is 0 Å². The molecule has 1 saturated heterocycles. The van der Waals surface area contributed by atoms with Crippen LogP contribution in [0, 0.1) is 0 Å². The fourth-order valence-corrected chi connectivity index (χ4v) is 2.66. The zero-order valence-electron chi connectivity index (χ0n) is 12.0. The summed E-state index contributed by atoms with van der Waals surface area (Å²) in [4.78, 5) is 26.8. The summed E-state index contributed by atoms with van der Waals surface area (Å²) in [5, 5.41) is 11.7. The van der Waals surface area contributed by atoms with Crippen LogP contribution in [0.25, 0.3) is 0 Å². The van der Waals surface area contributed by atoms with Gasteiger partial charge in [0, 0.05) is 25.7 Å². The molecule has 0 unspecified atom stereocenters. The van der Waals surface area contributed by atoms with Gasteiger partial charge >= 0.3 is 12.0 Å². The SMILES string of the molecule is O=C(O)CCN(C(=O)NCCN1CCCCC1)C1CC1. The van der Waals surface area contributed by atoms with E-state index in [9.17, 15) is 9.59 Å². The molecule has 0 aromatic carbocycles. The number of carbonyl (C=O) groups is 2. The van der Waals surface area contributed by atoms with Gasteiger partial charge in [-0.1, -0.05) is 6.42 Å². The van der Waals surface area contributed by atoms with Crippen LogP contribution in [0.4, 0.5) is 4.79 Å². The highest BCUT2D eigenvalue weighted by molar-refractivity contribution is 5.76. The molecule has 0 aromatic rings. The fourth-order valence-electron chi connectivity index (χ4n) is 2.66. The van der Waals surface area contributed by atoms with Crippen LogP contribution in [0.2, 0.25) is 0 Å². The summed E-state index contributed by atoms with van der Waals surface area (Å²) in [6.45, 7) is 4.11. The van der Waals surface area contributed by atoms with E-state index in [1.807, 2.05) is 0 Å². The van der Waals surface area contributed by atoms with Gasteiger partial charge < -0.3 is 20.2 Å². The van der Waals surface area contributed by atoms with Crippen LogP contribution < -0.4 is 5.32 Å². The number of piperidine rings is 1. The number of amides is 2. The van der Waals surface area contributed by atoms with Gasteiger partial charge in [-0.3, -0.25) is 4.79 Å². The van der Waals surface area contributed by atoms with Gasteiger partial charge in [0.25, 0.3) is 0 Å². The molecular weight excluding hydrogens is 258 g/mol. The Hall–Kier alpha value is -1.30. The highest BCUT2D eigenvalue weighted by Gasteiger charge is 2.32. The standard InChI is InChI=1S/C14H25N3O3/c18-13(19)6-10-17(12-4-5-12)14(20)15-7-11-16-8-2-1-3-9-16/h12H,1-11H2,(H,15,20)(H,18,19). The first-order chi connectivity index (χ1) is 9.66. The fraction of sp³-hybridized carbons (Fsp3) is 0.857. The highest BCUT2D eigenvalue weighted by atomic mass is 16.4. The normalized spacial score (nSPS) is 19.6. The van der Waals surface area contributed by atoms with Gasteiger partial charge in [0.05, 0.1) is 6.42 Å². The summed E-state index contributed by atoms with van der Waals surface area (Å²) >= 11 is 0. The molecular formula is C14H25N3O3. The van der Waals surface area contributed by atoms with Crippen molar-refractivity contribution in [3.63, 3.8) is 0 Å². The lowest BCUT2D eigenvalue weighted by atomic mass is 10.1. The zero-order chi connectivity index (χ0) is 14.4. The van der Waals surface area contributed by atoms with Gasteiger partial charge in [-0.25, -0.2) is 4.79 Å². The third-order valence-corrected chi connectivity index (χ3v) is 3.97. The molecule has 2 aliphatic rings. The van der Waals surface area contributed by atoms with Crippen molar-refractivity contribution in [2.45, 2.75) is 44.6 Å². The third-order valence-electron chi connectivity index (χ3n) is 3.97. The smallest absolute Gasteiger partial charge is 0.317 e. The van der Waals surface area contributed by atoms with Gasteiger partial charge in [-0.15, -0.1) is 0 Å². The van der Waals surface area contributed by atoms with Gasteiger partial charge in [0.1, 0.15) is 0 Å². The van der Waals surface area contributed by atoms with E-state index in [0.717, 1.165) is 32.5 Å². The van der Waals surface area contributed by atoms with Crippen LogP contribution in [-0.2, 0) is 4.79 Å². The molecule has 0 bridgehead atoms. The molecule has 0 aromatic heterocycles. The Kier molecular flexibility index (Phi) is 5.64. The van der Waals surface area contributed by atoms with Crippen LogP contribution in [0.15, 0.2) is 0 Å². The molecule has 2 fully saturated rings. The molecule has 0 atom stereocenters. The first kappa shape index (κ1) is 15.1. The molecule has 1 aliphatic carbocycles. The highest BCUT2D eigenvalue weighted by Crippen LogP contribution is 2.26. The predicted molar refractivity (Wildman–Crippen MR) is 75.7 cm³/mol. The van der Waals surface area contributed by atoms with E-state index in [-0.39, 0.29) is 18.5 Å². The van der Waals surface area contributed by atoms with Crippen LogP contribution in [0.5, 0.6) is 0 Å². The summed E-state index contributed by atoms with van der Waals surface area (Å²) in [7, 11) is 0. The molecule has 2 amide bonds. The molecule has 20 heavy (non-hydrogen) atoms. The second-order valence-corrected chi connectivity index (χ2v) is 5.70. The van der Waals surface area contributed by atoms with E-state index < -0.39 is 5.97 Å². The Morgan fingerprint density at radius 2 is 1.90 bits per heavy atom. The Morgan fingerprint density at radius 3 is 2.50 bits per heavy atom. The second-order valence-electron chi connectivity index (χ2n) is 5.70. The molecule has 2 N–H and O–H groups in total. The molecule has 1 aliphatic heterocycles. The van der Waals surface area contributed by atoms with Gasteiger partial charge in [0.2, 0.25) is 0 Å². The van der Waals surface area contributed by atoms with E-state index in [4.69, 9.17) is 5.11 Å². The maximum Gasteiger partial charge on any atom is 0.317 e. The number of hydrogen-bond acceptors (Lipinski definition) is 3. The van der Waals surface area contributed by atoms with E-state index in [1.54, 1.807) is 4.90 Å². The second kappa shape index (κ2) is 7.47. The molecule has 1 saturated carbocycles. The lowest BCUT2D eigenvalue weighted by Gasteiger charge is -2.27. The van der Waals surface area contributed by atoms with Crippen molar-refractivity contribution in [1.29, 1.82) is 0 Å². The summed E-state index contributed by atoms with van der Waals surface area (Å²) in [6, 6.07) is 0.148. The average molecular weight is 283 g/mol. The van der Waals surface area contributed by atoms with Crippen LogP contribution in [0.3, 0.4) is 0 Å². The number of rotatable bonds is 7. The molecule has 1 heterocycles. The van der Waals surface area contributed by atoms with Crippen molar-refractivity contribution in [2.24, 2.45) is 0 Å². The topological polar surface area (TPSA) is 72.9 Å². The number of nitrogens with one attached hydrogen (secondary N) is 1. The Labute approximate surface area is 120 Å². The Morgan fingerprint density at radius 1 is 1.20 bits per heavy atom. The van der Waals surface area contributed by atoms with Crippen LogP contribution in [-0.4, -0.2) is 65.7 Å². The summed E-state index contributed by atoms with van der Waals surface area (Å²) in [6.07, 6.45) is 5.84. The van der Waals surface area contributed by atoms with Crippen molar-refractivity contribution < 1.29 is 14.7 Å². The summed E-state index contributed by atoms with van der Waals surface area (Å²) in [5.41, 5.74) is 0. The number of carboxylic acids is 1. The Bertz CT molecular complexity index is 339.